The topological polar surface area (TPSA) is 69.7 Å². The largest absolute Gasteiger partial charge is 0.338 e. The van der Waals surface area contributed by atoms with Gasteiger partial charge in [-0.3, -0.25) is 9.69 Å². The smallest absolute Gasteiger partial charge is 0.237 e. The van der Waals surface area contributed by atoms with Crippen LogP contribution >= 0.6 is 12.4 Å². The van der Waals surface area contributed by atoms with E-state index >= 15 is 0 Å². The van der Waals surface area contributed by atoms with Crippen LogP contribution in [0.2, 0.25) is 0 Å². The zero-order valence-electron chi connectivity index (χ0n) is 13.7. The fourth-order valence-electron chi connectivity index (χ4n) is 4.21. The zero-order chi connectivity index (χ0) is 15.7. The third-order valence-electron chi connectivity index (χ3n) is 5.41. The summed E-state index contributed by atoms with van der Waals surface area (Å²) in [7, 11) is -2.94. The van der Waals surface area contributed by atoms with Crippen molar-refractivity contribution in [3.05, 3.63) is 0 Å². The van der Waals surface area contributed by atoms with Crippen molar-refractivity contribution in [3.8, 4) is 0 Å². The number of carbonyl (C=O) groups excluding carboxylic acids is 1. The Kier molecular flexibility index (Phi) is 6.33. The molecule has 3 rings (SSSR count). The summed E-state index contributed by atoms with van der Waals surface area (Å²) in [5.41, 5.74) is 0. The normalized spacial score (nSPS) is 33.0. The van der Waals surface area contributed by atoms with Gasteiger partial charge < -0.3 is 10.2 Å². The number of nitrogens with one attached hydrogen (secondary N) is 1. The van der Waals surface area contributed by atoms with Gasteiger partial charge in [0, 0.05) is 31.7 Å². The van der Waals surface area contributed by atoms with E-state index in [1.54, 1.807) is 4.90 Å². The van der Waals surface area contributed by atoms with Gasteiger partial charge in [-0.25, -0.2) is 8.42 Å². The van der Waals surface area contributed by atoms with Gasteiger partial charge in [0.2, 0.25) is 5.91 Å². The average molecular weight is 366 g/mol. The van der Waals surface area contributed by atoms with Crippen molar-refractivity contribution in [1.82, 2.24) is 15.1 Å². The standard InChI is InChI=1S/C15H27N3O3S.ClH/c1-2-18(13-5-8-22(20,21)11-13)15(19)10-17-7-4-14-12(9-17)3-6-16-14;/h12-14,16H,2-11H2,1H3;1H. The molecule has 0 saturated carbocycles. The number of amides is 1. The number of hydrogen-bond acceptors (Lipinski definition) is 5. The molecule has 3 saturated heterocycles. The number of fused-ring (bicyclic) bond motifs is 1. The number of halogens is 1. The van der Waals surface area contributed by atoms with Crippen molar-refractivity contribution in [2.75, 3.05) is 44.2 Å². The molecule has 134 valence electrons. The van der Waals surface area contributed by atoms with E-state index in [1.807, 2.05) is 6.92 Å². The van der Waals surface area contributed by atoms with Crippen LogP contribution in [0, 0.1) is 5.92 Å². The summed E-state index contributed by atoms with van der Waals surface area (Å²) in [5.74, 6) is 1.12. The molecule has 6 nitrogen and oxygen atoms in total. The number of likely N-dealkylation sites (tertiary alicyclic amines) is 1. The molecule has 3 aliphatic heterocycles. The lowest BCUT2D eigenvalue weighted by molar-refractivity contribution is -0.134. The molecule has 0 aromatic carbocycles. The summed E-state index contributed by atoms with van der Waals surface area (Å²) >= 11 is 0. The van der Waals surface area contributed by atoms with Crippen LogP contribution in [0.15, 0.2) is 0 Å². The molecule has 0 aliphatic carbocycles. The number of piperidine rings is 1. The number of rotatable bonds is 4. The molecule has 0 spiro atoms. The Morgan fingerprint density at radius 2 is 2.09 bits per heavy atom. The number of hydrogen-bond donors (Lipinski definition) is 1. The first kappa shape index (κ1) is 19.0. The van der Waals surface area contributed by atoms with Gasteiger partial charge in [0.1, 0.15) is 0 Å². The Balaban J connectivity index is 0.00000192. The van der Waals surface area contributed by atoms with E-state index in [0.717, 1.165) is 26.1 Å². The minimum Gasteiger partial charge on any atom is -0.338 e. The van der Waals surface area contributed by atoms with Gasteiger partial charge in [0.25, 0.3) is 0 Å². The predicted molar refractivity (Wildman–Crippen MR) is 92.6 cm³/mol. The molecule has 8 heteroatoms. The van der Waals surface area contributed by atoms with E-state index in [4.69, 9.17) is 0 Å². The summed E-state index contributed by atoms with van der Waals surface area (Å²) in [6.07, 6.45) is 2.91. The molecule has 0 radical (unpaired) electrons. The Morgan fingerprint density at radius 1 is 1.30 bits per heavy atom. The van der Waals surface area contributed by atoms with Crippen LogP contribution in [0.5, 0.6) is 0 Å². The van der Waals surface area contributed by atoms with Crippen LogP contribution in [-0.2, 0) is 14.6 Å². The molecule has 3 unspecified atom stereocenters. The van der Waals surface area contributed by atoms with Crippen LogP contribution in [0.4, 0.5) is 0 Å². The Labute approximate surface area is 145 Å². The van der Waals surface area contributed by atoms with Gasteiger partial charge in [-0.15, -0.1) is 12.4 Å². The van der Waals surface area contributed by atoms with Gasteiger partial charge in [-0.1, -0.05) is 0 Å². The minimum absolute atomic E-state index is 0. The molecule has 0 aromatic rings. The Bertz CT molecular complexity index is 528. The second-order valence-corrected chi connectivity index (χ2v) is 9.10. The second-order valence-electron chi connectivity index (χ2n) is 6.87. The third-order valence-corrected chi connectivity index (χ3v) is 7.16. The third kappa shape index (κ3) is 4.38. The average Bonchev–Trinajstić information content (AvgIpc) is 3.05. The molecular formula is C15H28ClN3O3S. The Hall–Kier alpha value is -0.370. The maximum Gasteiger partial charge on any atom is 0.237 e. The highest BCUT2D eigenvalue weighted by Gasteiger charge is 2.36. The summed E-state index contributed by atoms with van der Waals surface area (Å²) in [4.78, 5) is 16.6. The minimum atomic E-state index is -2.94. The van der Waals surface area contributed by atoms with Crippen molar-refractivity contribution in [2.24, 2.45) is 5.92 Å². The van der Waals surface area contributed by atoms with E-state index in [0.29, 0.717) is 31.5 Å². The molecule has 23 heavy (non-hydrogen) atoms. The van der Waals surface area contributed by atoms with Gasteiger partial charge in [0.15, 0.2) is 9.84 Å². The molecule has 3 aliphatic rings. The highest BCUT2D eigenvalue weighted by atomic mass is 35.5. The summed E-state index contributed by atoms with van der Waals surface area (Å²) in [6, 6.07) is 0.516. The van der Waals surface area contributed by atoms with Crippen molar-refractivity contribution < 1.29 is 13.2 Å². The molecule has 0 aromatic heterocycles. The number of carbonyl (C=O) groups is 1. The van der Waals surface area contributed by atoms with Gasteiger partial charge in [-0.05, 0) is 38.6 Å². The lowest BCUT2D eigenvalue weighted by atomic mass is 9.93. The number of nitrogens with zero attached hydrogens (tertiary/aromatic N) is 2. The quantitative estimate of drug-likeness (QED) is 0.766. The lowest BCUT2D eigenvalue weighted by Gasteiger charge is -2.36. The molecule has 1 N–H and O–H groups in total. The van der Waals surface area contributed by atoms with E-state index in [-0.39, 0.29) is 35.9 Å². The molecule has 3 heterocycles. The highest BCUT2D eigenvalue weighted by molar-refractivity contribution is 7.91. The van der Waals surface area contributed by atoms with Crippen LogP contribution in [-0.4, -0.2) is 80.4 Å². The zero-order valence-corrected chi connectivity index (χ0v) is 15.4. The first-order chi connectivity index (χ1) is 10.5. The molecule has 3 fully saturated rings. The SMILES string of the molecule is CCN(C(=O)CN1CCC2NCCC2C1)C1CCS(=O)(=O)C1.Cl. The molecule has 3 atom stereocenters. The van der Waals surface area contributed by atoms with Crippen LogP contribution in [0.1, 0.15) is 26.2 Å². The van der Waals surface area contributed by atoms with E-state index in [2.05, 4.69) is 10.2 Å². The van der Waals surface area contributed by atoms with E-state index in [9.17, 15) is 13.2 Å². The second kappa shape index (κ2) is 7.68. The maximum absolute atomic E-state index is 12.6. The van der Waals surface area contributed by atoms with Gasteiger partial charge in [0.05, 0.1) is 18.1 Å². The number of sulfone groups is 1. The fourth-order valence-corrected chi connectivity index (χ4v) is 5.94. The summed E-state index contributed by atoms with van der Waals surface area (Å²) < 4.78 is 23.3. The highest BCUT2D eigenvalue weighted by Crippen LogP contribution is 2.25. The molecule has 0 bridgehead atoms. The van der Waals surface area contributed by atoms with Crippen molar-refractivity contribution in [3.63, 3.8) is 0 Å². The fraction of sp³-hybridized carbons (Fsp3) is 0.933. The van der Waals surface area contributed by atoms with E-state index < -0.39 is 9.84 Å². The van der Waals surface area contributed by atoms with Gasteiger partial charge >= 0.3 is 0 Å². The van der Waals surface area contributed by atoms with Crippen molar-refractivity contribution in [2.45, 2.75) is 38.3 Å². The Morgan fingerprint density at radius 3 is 2.74 bits per heavy atom. The van der Waals surface area contributed by atoms with Crippen molar-refractivity contribution in [1.29, 1.82) is 0 Å². The first-order valence-corrected chi connectivity index (χ1v) is 10.3. The van der Waals surface area contributed by atoms with Crippen LogP contribution in [0.25, 0.3) is 0 Å². The summed E-state index contributed by atoms with van der Waals surface area (Å²) in [6.45, 7) is 6.02. The van der Waals surface area contributed by atoms with Crippen molar-refractivity contribution >= 4 is 28.2 Å². The summed E-state index contributed by atoms with van der Waals surface area (Å²) in [5, 5.41) is 3.53. The maximum atomic E-state index is 12.6. The number of likely N-dealkylation sites (N-methyl/N-ethyl adjacent to an activating group) is 1. The monoisotopic (exact) mass is 365 g/mol. The molecule has 1 amide bonds. The van der Waals surface area contributed by atoms with E-state index in [1.165, 1.54) is 6.42 Å². The molecular weight excluding hydrogens is 338 g/mol. The van der Waals surface area contributed by atoms with Crippen LogP contribution in [0.3, 0.4) is 0 Å². The first-order valence-electron chi connectivity index (χ1n) is 8.44. The predicted octanol–water partition coefficient (Wildman–Crippen LogP) is 0.128. The lowest BCUT2D eigenvalue weighted by Crippen LogP contribution is -2.50. The van der Waals surface area contributed by atoms with Gasteiger partial charge in [-0.2, -0.15) is 0 Å². The van der Waals surface area contributed by atoms with Crippen LogP contribution < -0.4 is 5.32 Å².